The molecule has 0 aromatic heterocycles. The van der Waals surface area contributed by atoms with E-state index in [1.807, 2.05) is 52.8 Å². The number of ketones is 1. The number of aliphatic hydroxyl groups excluding tert-OH is 1. The van der Waals surface area contributed by atoms with Crippen LogP contribution in [0.3, 0.4) is 0 Å². The number of Topliss-reactive ketones (excluding diaryl/α,β-unsaturated/α-hetero) is 1. The van der Waals surface area contributed by atoms with E-state index in [1.165, 1.54) is 0 Å². The van der Waals surface area contributed by atoms with Gasteiger partial charge in [-0.1, -0.05) is 51.5 Å². The summed E-state index contributed by atoms with van der Waals surface area (Å²) in [5, 5.41) is 34.0. The molecule has 6 nitrogen and oxygen atoms in total. The SMILES string of the molecule is CCCCc1c(O)cc2c(O)c1CC(C)C[C@H](OC)[C@H](O)C(C)/C=C(\C)[C@H](OC(C)C)c1cccc(c1C)C(=O)C2. The smallest absolute Gasteiger partial charge is 0.167 e. The van der Waals surface area contributed by atoms with Crippen LogP contribution in [0.5, 0.6) is 11.5 Å². The number of rotatable bonds is 6. The van der Waals surface area contributed by atoms with Crippen molar-refractivity contribution in [3.05, 3.63) is 69.3 Å². The van der Waals surface area contributed by atoms with E-state index >= 15 is 0 Å². The van der Waals surface area contributed by atoms with Crippen LogP contribution in [0.4, 0.5) is 0 Å². The first-order valence-electron chi connectivity index (χ1n) is 15.1. The predicted molar refractivity (Wildman–Crippen MR) is 164 cm³/mol. The van der Waals surface area contributed by atoms with E-state index in [0.717, 1.165) is 35.1 Å². The summed E-state index contributed by atoms with van der Waals surface area (Å²) in [6, 6.07) is 7.22. The molecule has 0 heterocycles. The monoisotopic (exact) mass is 566 g/mol. The van der Waals surface area contributed by atoms with Crippen LogP contribution in [0, 0.1) is 18.8 Å². The summed E-state index contributed by atoms with van der Waals surface area (Å²) in [5.74, 6) is -0.113. The third-order valence-corrected chi connectivity index (χ3v) is 8.42. The molecule has 2 unspecified atom stereocenters. The minimum Gasteiger partial charge on any atom is -0.508 e. The Morgan fingerprint density at radius 2 is 1.83 bits per heavy atom. The van der Waals surface area contributed by atoms with Gasteiger partial charge in [-0.15, -0.1) is 0 Å². The number of phenolic OH excluding ortho intramolecular Hbond substituents is 2. The second-order valence-electron chi connectivity index (χ2n) is 12.2. The lowest BCUT2D eigenvalue weighted by atomic mass is 9.85. The van der Waals surface area contributed by atoms with Crippen molar-refractivity contribution in [2.75, 3.05) is 7.11 Å². The number of benzene rings is 2. The molecule has 0 saturated carbocycles. The maximum atomic E-state index is 13.7. The number of fused-ring (bicyclic) bond motifs is 4. The van der Waals surface area contributed by atoms with Gasteiger partial charge in [-0.05, 0) is 82.1 Å². The molecule has 3 N–H and O–H groups in total. The minimum absolute atomic E-state index is 0.0277. The third kappa shape index (κ3) is 7.79. The van der Waals surface area contributed by atoms with Crippen molar-refractivity contribution >= 4 is 5.78 Å². The Hall–Kier alpha value is -2.67. The molecule has 0 amide bonds. The highest BCUT2D eigenvalue weighted by atomic mass is 16.5. The van der Waals surface area contributed by atoms with Gasteiger partial charge in [0.15, 0.2) is 5.78 Å². The molecule has 41 heavy (non-hydrogen) atoms. The van der Waals surface area contributed by atoms with Gasteiger partial charge < -0.3 is 24.8 Å². The van der Waals surface area contributed by atoms with Crippen LogP contribution in [0.25, 0.3) is 0 Å². The van der Waals surface area contributed by atoms with Crippen LogP contribution in [0.1, 0.15) is 105 Å². The fourth-order valence-electron chi connectivity index (χ4n) is 6.15. The van der Waals surface area contributed by atoms with E-state index in [1.54, 1.807) is 13.2 Å². The summed E-state index contributed by atoms with van der Waals surface area (Å²) in [5.41, 5.74) is 5.07. The predicted octanol–water partition coefficient (Wildman–Crippen LogP) is 7.18. The molecule has 0 spiro atoms. The van der Waals surface area contributed by atoms with E-state index in [2.05, 4.69) is 19.9 Å². The molecule has 4 bridgehead atoms. The lowest BCUT2D eigenvalue weighted by Gasteiger charge is -2.29. The molecular formula is C35H50O6. The van der Waals surface area contributed by atoms with Gasteiger partial charge in [0.2, 0.25) is 0 Å². The Kier molecular flexibility index (Phi) is 11.6. The summed E-state index contributed by atoms with van der Waals surface area (Å²) in [7, 11) is 1.62. The van der Waals surface area contributed by atoms with Gasteiger partial charge in [0.05, 0.1) is 18.3 Å². The van der Waals surface area contributed by atoms with E-state index in [0.29, 0.717) is 36.0 Å². The quantitative estimate of drug-likeness (QED) is 0.253. The topological polar surface area (TPSA) is 96.2 Å². The lowest BCUT2D eigenvalue weighted by Crippen LogP contribution is -2.35. The number of unbranched alkanes of at least 4 members (excludes halogenated alkanes) is 1. The molecule has 226 valence electrons. The van der Waals surface area contributed by atoms with Crippen molar-refractivity contribution < 1.29 is 29.6 Å². The number of carbonyl (C=O) groups excluding carboxylic acids is 1. The number of hydrogen-bond donors (Lipinski definition) is 3. The van der Waals surface area contributed by atoms with Crippen LogP contribution < -0.4 is 0 Å². The van der Waals surface area contributed by atoms with Crippen LogP contribution in [-0.4, -0.2) is 46.5 Å². The van der Waals surface area contributed by atoms with Crippen molar-refractivity contribution in [1.29, 1.82) is 0 Å². The highest BCUT2D eigenvalue weighted by Crippen LogP contribution is 2.39. The molecular weight excluding hydrogens is 516 g/mol. The maximum absolute atomic E-state index is 13.7. The molecule has 1 aliphatic rings. The van der Waals surface area contributed by atoms with Crippen molar-refractivity contribution in [3.63, 3.8) is 0 Å². The fourth-order valence-corrected chi connectivity index (χ4v) is 6.15. The van der Waals surface area contributed by atoms with Crippen LogP contribution in [-0.2, 0) is 28.7 Å². The van der Waals surface area contributed by atoms with Crippen molar-refractivity contribution in [3.8, 4) is 11.5 Å². The average Bonchev–Trinajstić information content (AvgIpc) is 2.91. The van der Waals surface area contributed by atoms with Gasteiger partial charge in [-0.25, -0.2) is 0 Å². The van der Waals surface area contributed by atoms with Gasteiger partial charge >= 0.3 is 0 Å². The largest absolute Gasteiger partial charge is 0.508 e. The number of phenols is 2. The normalized spacial score (nSPS) is 25.6. The van der Waals surface area contributed by atoms with Crippen LogP contribution >= 0.6 is 0 Å². The van der Waals surface area contributed by atoms with Gasteiger partial charge in [-0.3, -0.25) is 4.79 Å². The van der Waals surface area contributed by atoms with Gasteiger partial charge in [0.1, 0.15) is 17.6 Å². The fraction of sp³-hybridized carbons (Fsp3) is 0.571. The number of hydrogen-bond acceptors (Lipinski definition) is 6. The highest BCUT2D eigenvalue weighted by Gasteiger charge is 2.29. The Morgan fingerprint density at radius 3 is 2.46 bits per heavy atom. The molecule has 3 rings (SSSR count). The summed E-state index contributed by atoms with van der Waals surface area (Å²) in [6.45, 7) is 14.0. The zero-order chi connectivity index (χ0) is 30.4. The standard InChI is InChI=1S/C35H50O6/c1-9-10-12-28-29-15-21(4)16-32(40-8)33(38)22(5)17-23(6)35(41-20(2)3)27-14-11-13-26(24(27)7)30(36)18-25(34(29)39)19-31(28)37/h11,13-14,17,19-22,32-33,35,37-39H,9-10,12,15-16,18H2,1-8H3/b23-17+/t21?,22?,32-,33+,35-/m0/s1. The molecule has 0 aliphatic heterocycles. The second-order valence-corrected chi connectivity index (χ2v) is 12.2. The summed E-state index contributed by atoms with van der Waals surface area (Å²) in [4.78, 5) is 13.7. The van der Waals surface area contributed by atoms with E-state index < -0.39 is 18.3 Å². The lowest BCUT2D eigenvalue weighted by molar-refractivity contribution is -0.0399. The average molecular weight is 567 g/mol. The van der Waals surface area contributed by atoms with Crippen LogP contribution in [0.2, 0.25) is 0 Å². The van der Waals surface area contributed by atoms with Crippen molar-refractivity contribution in [2.24, 2.45) is 11.8 Å². The molecule has 0 radical (unpaired) electrons. The molecule has 6 heteroatoms. The van der Waals surface area contributed by atoms with E-state index in [-0.39, 0.29) is 41.6 Å². The minimum atomic E-state index is -0.755. The Morgan fingerprint density at radius 1 is 1.12 bits per heavy atom. The van der Waals surface area contributed by atoms with Crippen molar-refractivity contribution in [2.45, 2.75) is 111 Å². The van der Waals surface area contributed by atoms with Crippen molar-refractivity contribution in [1.82, 2.24) is 0 Å². The summed E-state index contributed by atoms with van der Waals surface area (Å²) >= 11 is 0. The first-order valence-corrected chi connectivity index (χ1v) is 15.1. The third-order valence-electron chi connectivity index (χ3n) is 8.42. The summed E-state index contributed by atoms with van der Waals surface area (Å²) < 4.78 is 12.2. The first-order chi connectivity index (χ1) is 19.4. The van der Waals surface area contributed by atoms with E-state index in [9.17, 15) is 20.1 Å². The zero-order valence-corrected chi connectivity index (χ0v) is 26.2. The molecule has 2 aromatic rings. The number of carbonyl (C=O) groups is 1. The highest BCUT2D eigenvalue weighted by molar-refractivity contribution is 5.99. The first kappa shape index (κ1) is 32.8. The molecule has 1 aliphatic carbocycles. The van der Waals surface area contributed by atoms with E-state index in [4.69, 9.17) is 9.47 Å². The number of ether oxygens (including phenoxy) is 2. The maximum Gasteiger partial charge on any atom is 0.167 e. The molecule has 5 atom stereocenters. The summed E-state index contributed by atoms with van der Waals surface area (Å²) in [6.07, 6.45) is 3.92. The second kappa shape index (κ2) is 14.5. The zero-order valence-electron chi connectivity index (χ0n) is 26.2. The number of methoxy groups -OCH3 is 1. The molecule has 0 fully saturated rings. The van der Waals surface area contributed by atoms with Gasteiger partial charge in [-0.2, -0.15) is 0 Å². The number of aromatic hydroxyl groups is 2. The van der Waals surface area contributed by atoms with Gasteiger partial charge in [0.25, 0.3) is 0 Å². The Bertz CT molecular complexity index is 1230. The number of aliphatic hydroxyl groups is 1. The molecule has 2 aromatic carbocycles. The van der Waals surface area contributed by atoms with Gasteiger partial charge in [0, 0.05) is 41.7 Å². The Balaban J connectivity index is 2.23. The Labute approximate surface area is 246 Å². The molecule has 0 saturated heterocycles. The van der Waals surface area contributed by atoms with Crippen LogP contribution in [0.15, 0.2) is 35.9 Å².